The van der Waals surface area contributed by atoms with Crippen LogP contribution in [0, 0.1) is 13.8 Å². The zero-order valence-electron chi connectivity index (χ0n) is 24.3. The van der Waals surface area contributed by atoms with Crippen molar-refractivity contribution in [1.82, 2.24) is 10.2 Å². The fraction of sp³-hybridized carbons (Fsp3) is 0.516. The third-order valence-electron chi connectivity index (χ3n) is 6.38. The molecule has 0 saturated heterocycles. The topological polar surface area (TPSA) is 87.7 Å². The molecule has 3 amide bonds. The highest BCUT2D eigenvalue weighted by molar-refractivity contribution is 5.99. The smallest absolute Gasteiger partial charge is 0.408 e. The number of alkyl carbamates (subject to hydrolysis) is 1. The Morgan fingerprint density at radius 3 is 2.08 bits per heavy atom. The summed E-state index contributed by atoms with van der Waals surface area (Å²) in [5, 5.41) is 5.75. The second-order valence-electron chi connectivity index (χ2n) is 10.9. The molecule has 2 atom stereocenters. The minimum atomic E-state index is -0.878. The number of aryl methyl sites for hydroxylation is 3. The van der Waals surface area contributed by atoms with Crippen molar-refractivity contribution in [3.05, 3.63) is 64.7 Å². The van der Waals surface area contributed by atoms with E-state index in [1.807, 2.05) is 56.3 Å². The third-order valence-corrected chi connectivity index (χ3v) is 6.38. The molecule has 0 radical (unpaired) electrons. The Morgan fingerprint density at radius 1 is 0.947 bits per heavy atom. The van der Waals surface area contributed by atoms with Gasteiger partial charge in [-0.3, -0.25) is 9.59 Å². The summed E-state index contributed by atoms with van der Waals surface area (Å²) < 4.78 is 5.36. The first-order valence-corrected chi connectivity index (χ1v) is 13.6. The number of benzene rings is 2. The summed E-state index contributed by atoms with van der Waals surface area (Å²) in [5.74, 6) is -0.630. The van der Waals surface area contributed by atoms with Gasteiger partial charge in [-0.15, -0.1) is 0 Å². The zero-order valence-corrected chi connectivity index (χ0v) is 24.3. The standard InChI is InChI=1S/C31H45N3O4/c1-9-11-12-20-34(29(36)23(5)32-30(37)38-31(6,7)8)27(25-18-16-24(10-2)17-19-25)28(35)33-26-21(3)14-13-15-22(26)4/h13-19,23,27H,9-12,20H2,1-8H3,(H,32,37)(H,33,35). The van der Waals surface area contributed by atoms with Crippen molar-refractivity contribution in [2.45, 2.75) is 98.8 Å². The van der Waals surface area contributed by atoms with E-state index >= 15 is 0 Å². The number of carbonyl (C=O) groups excluding carboxylic acids is 3. The van der Waals surface area contributed by atoms with Gasteiger partial charge in [0.15, 0.2) is 0 Å². The molecular formula is C31H45N3O4. The maximum atomic E-state index is 14.0. The van der Waals surface area contributed by atoms with Crippen LogP contribution in [-0.4, -0.2) is 41.0 Å². The summed E-state index contributed by atoms with van der Waals surface area (Å²) in [6.07, 6.45) is 2.82. The van der Waals surface area contributed by atoms with Gasteiger partial charge in [-0.1, -0.05) is 69.2 Å². The van der Waals surface area contributed by atoms with E-state index in [4.69, 9.17) is 4.74 Å². The van der Waals surface area contributed by atoms with Crippen molar-refractivity contribution in [3.8, 4) is 0 Å². The summed E-state index contributed by atoms with van der Waals surface area (Å²) in [7, 11) is 0. The molecule has 0 aromatic heterocycles. The number of para-hydroxylation sites is 1. The molecule has 7 nitrogen and oxygen atoms in total. The summed E-state index contributed by atoms with van der Waals surface area (Å²) in [5.41, 5.74) is 3.81. The van der Waals surface area contributed by atoms with Gasteiger partial charge in [-0.25, -0.2) is 4.79 Å². The molecule has 0 fully saturated rings. The maximum absolute atomic E-state index is 14.0. The van der Waals surface area contributed by atoms with Crippen LogP contribution < -0.4 is 10.6 Å². The van der Waals surface area contributed by atoms with Crippen molar-refractivity contribution in [2.75, 3.05) is 11.9 Å². The van der Waals surface area contributed by atoms with Crippen LogP contribution in [0.2, 0.25) is 0 Å². The number of unbranched alkanes of at least 4 members (excludes halogenated alkanes) is 2. The Balaban J connectivity index is 2.48. The Hall–Kier alpha value is -3.35. The maximum Gasteiger partial charge on any atom is 0.408 e. The second kappa shape index (κ2) is 14.0. The van der Waals surface area contributed by atoms with E-state index in [2.05, 4.69) is 24.5 Å². The summed E-state index contributed by atoms with van der Waals surface area (Å²) >= 11 is 0. The third kappa shape index (κ3) is 8.89. The lowest BCUT2D eigenvalue weighted by atomic mass is 9.99. The number of rotatable bonds is 11. The first-order valence-electron chi connectivity index (χ1n) is 13.6. The highest BCUT2D eigenvalue weighted by Crippen LogP contribution is 2.28. The Labute approximate surface area is 228 Å². The van der Waals surface area contributed by atoms with Gasteiger partial charge in [-0.2, -0.15) is 0 Å². The lowest BCUT2D eigenvalue weighted by molar-refractivity contribution is -0.140. The second-order valence-corrected chi connectivity index (χ2v) is 10.9. The van der Waals surface area contributed by atoms with Crippen molar-refractivity contribution in [2.24, 2.45) is 0 Å². The molecule has 7 heteroatoms. The van der Waals surface area contributed by atoms with Crippen LogP contribution in [-0.2, 0) is 20.7 Å². The lowest BCUT2D eigenvalue weighted by Crippen LogP contribution is -2.51. The first kappa shape index (κ1) is 30.9. The predicted molar refractivity (Wildman–Crippen MR) is 153 cm³/mol. The van der Waals surface area contributed by atoms with Gasteiger partial charge in [0.25, 0.3) is 5.91 Å². The number of hydrogen-bond acceptors (Lipinski definition) is 4. The first-order chi connectivity index (χ1) is 17.9. The fourth-order valence-corrected chi connectivity index (χ4v) is 4.31. The van der Waals surface area contributed by atoms with Gasteiger partial charge < -0.3 is 20.3 Å². The number of ether oxygens (including phenoxy) is 1. The fourth-order valence-electron chi connectivity index (χ4n) is 4.31. The van der Waals surface area contributed by atoms with Crippen LogP contribution in [0.4, 0.5) is 10.5 Å². The Kier molecular flexibility index (Phi) is 11.4. The molecule has 208 valence electrons. The van der Waals surface area contributed by atoms with E-state index in [9.17, 15) is 14.4 Å². The number of amides is 3. The number of nitrogens with zero attached hydrogens (tertiary/aromatic N) is 1. The quantitative estimate of drug-likeness (QED) is 0.330. The number of carbonyl (C=O) groups is 3. The molecule has 0 aliphatic rings. The van der Waals surface area contributed by atoms with E-state index in [1.54, 1.807) is 32.6 Å². The monoisotopic (exact) mass is 523 g/mol. The molecule has 0 aliphatic heterocycles. The normalized spacial score (nSPS) is 12.8. The van der Waals surface area contributed by atoms with Crippen LogP contribution in [0.1, 0.15) is 89.1 Å². The van der Waals surface area contributed by atoms with Gasteiger partial charge in [0.05, 0.1) is 0 Å². The van der Waals surface area contributed by atoms with Crippen molar-refractivity contribution >= 4 is 23.6 Å². The van der Waals surface area contributed by atoms with Crippen LogP contribution in [0.25, 0.3) is 0 Å². The summed E-state index contributed by atoms with van der Waals surface area (Å²) in [6, 6.07) is 11.9. The molecule has 2 N–H and O–H groups in total. The van der Waals surface area contributed by atoms with Gasteiger partial charge in [0.2, 0.25) is 5.91 Å². The van der Waals surface area contributed by atoms with E-state index in [0.29, 0.717) is 6.54 Å². The van der Waals surface area contributed by atoms with Crippen LogP contribution in [0.5, 0.6) is 0 Å². The van der Waals surface area contributed by atoms with Crippen LogP contribution in [0.3, 0.4) is 0 Å². The average Bonchev–Trinajstić information content (AvgIpc) is 2.84. The summed E-state index contributed by atoms with van der Waals surface area (Å²) in [4.78, 5) is 41.8. The van der Waals surface area contributed by atoms with E-state index in [-0.39, 0.29) is 11.8 Å². The Bertz CT molecular complexity index is 1070. The molecule has 2 aromatic carbocycles. The molecule has 0 spiro atoms. The van der Waals surface area contributed by atoms with Crippen LogP contribution >= 0.6 is 0 Å². The molecule has 0 heterocycles. The van der Waals surface area contributed by atoms with E-state index < -0.39 is 23.8 Å². The van der Waals surface area contributed by atoms with Gasteiger partial charge in [0, 0.05) is 12.2 Å². The van der Waals surface area contributed by atoms with Crippen molar-refractivity contribution in [1.29, 1.82) is 0 Å². The van der Waals surface area contributed by atoms with Gasteiger partial charge in [0.1, 0.15) is 17.7 Å². The highest BCUT2D eigenvalue weighted by Gasteiger charge is 2.34. The minimum Gasteiger partial charge on any atom is -0.444 e. The minimum absolute atomic E-state index is 0.291. The molecule has 2 unspecified atom stereocenters. The summed E-state index contributed by atoms with van der Waals surface area (Å²) in [6.45, 7) is 15.4. The predicted octanol–water partition coefficient (Wildman–Crippen LogP) is 6.48. The van der Waals surface area contributed by atoms with Crippen molar-refractivity contribution < 1.29 is 19.1 Å². The van der Waals surface area contributed by atoms with Gasteiger partial charge in [-0.05, 0) is 76.6 Å². The molecule has 0 bridgehead atoms. The van der Waals surface area contributed by atoms with E-state index in [0.717, 1.165) is 53.6 Å². The van der Waals surface area contributed by atoms with E-state index in [1.165, 1.54) is 0 Å². The number of anilines is 1. The average molecular weight is 524 g/mol. The van der Waals surface area contributed by atoms with Gasteiger partial charge >= 0.3 is 6.09 Å². The SMILES string of the molecule is CCCCCN(C(=O)C(C)NC(=O)OC(C)(C)C)C(C(=O)Nc1c(C)cccc1C)c1ccc(CC)cc1. The van der Waals surface area contributed by atoms with Crippen LogP contribution in [0.15, 0.2) is 42.5 Å². The molecular weight excluding hydrogens is 478 g/mol. The largest absolute Gasteiger partial charge is 0.444 e. The molecule has 2 aromatic rings. The number of hydrogen-bond donors (Lipinski definition) is 2. The lowest BCUT2D eigenvalue weighted by Gasteiger charge is -2.34. The molecule has 0 saturated carbocycles. The molecule has 38 heavy (non-hydrogen) atoms. The zero-order chi connectivity index (χ0) is 28.5. The highest BCUT2D eigenvalue weighted by atomic mass is 16.6. The number of nitrogens with one attached hydrogen (secondary N) is 2. The molecule has 2 rings (SSSR count). The van der Waals surface area contributed by atoms with Crippen molar-refractivity contribution in [3.63, 3.8) is 0 Å². The Morgan fingerprint density at radius 2 is 1.55 bits per heavy atom. The molecule has 0 aliphatic carbocycles.